The van der Waals surface area contributed by atoms with E-state index in [9.17, 15) is 0 Å². The van der Waals surface area contributed by atoms with Crippen molar-refractivity contribution in [1.82, 2.24) is 5.32 Å². The average molecular weight is 191 g/mol. The molecule has 0 spiro atoms. The summed E-state index contributed by atoms with van der Waals surface area (Å²) in [7, 11) is 3.21. The SMILES string of the molecule is COCO[C@@H]1CNC[C@H]1OCOC. The molecule has 2 atom stereocenters. The minimum Gasteiger partial charge on any atom is -0.359 e. The molecule has 0 aromatic carbocycles. The van der Waals surface area contributed by atoms with Crippen LogP contribution in [0.1, 0.15) is 0 Å². The van der Waals surface area contributed by atoms with E-state index in [0.717, 1.165) is 13.1 Å². The highest BCUT2D eigenvalue weighted by Crippen LogP contribution is 2.08. The topological polar surface area (TPSA) is 49.0 Å². The Kier molecular flexibility index (Phi) is 5.26. The van der Waals surface area contributed by atoms with E-state index in [1.165, 1.54) is 0 Å². The zero-order valence-electron chi connectivity index (χ0n) is 8.12. The van der Waals surface area contributed by atoms with Gasteiger partial charge in [0.25, 0.3) is 0 Å². The summed E-state index contributed by atoms with van der Waals surface area (Å²) in [5, 5.41) is 3.18. The van der Waals surface area contributed by atoms with Crippen molar-refractivity contribution >= 4 is 0 Å². The van der Waals surface area contributed by atoms with Gasteiger partial charge in [0.1, 0.15) is 25.8 Å². The molecule has 0 aliphatic carbocycles. The van der Waals surface area contributed by atoms with E-state index in [1.54, 1.807) is 14.2 Å². The van der Waals surface area contributed by atoms with Gasteiger partial charge >= 0.3 is 0 Å². The summed E-state index contributed by atoms with van der Waals surface area (Å²) >= 11 is 0. The Labute approximate surface area is 78.3 Å². The third kappa shape index (κ3) is 3.58. The molecular weight excluding hydrogens is 174 g/mol. The van der Waals surface area contributed by atoms with Crippen LogP contribution in [0.15, 0.2) is 0 Å². The van der Waals surface area contributed by atoms with Crippen LogP contribution < -0.4 is 5.32 Å². The molecule has 1 N–H and O–H groups in total. The summed E-state index contributed by atoms with van der Waals surface area (Å²) < 4.78 is 20.4. The Balaban J connectivity index is 2.18. The molecule has 1 fully saturated rings. The van der Waals surface area contributed by atoms with Gasteiger partial charge in [-0.2, -0.15) is 0 Å². The third-order valence-corrected chi connectivity index (χ3v) is 1.91. The van der Waals surface area contributed by atoms with Crippen LogP contribution in [0.5, 0.6) is 0 Å². The highest BCUT2D eigenvalue weighted by Gasteiger charge is 2.28. The number of nitrogens with one attached hydrogen (secondary N) is 1. The first-order valence-electron chi connectivity index (χ1n) is 4.30. The van der Waals surface area contributed by atoms with Crippen molar-refractivity contribution in [3.05, 3.63) is 0 Å². The Hall–Kier alpha value is -0.200. The summed E-state index contributed by atoms with van der Waals surface area (Å²) in [5.74, 6) is 0. The van der Waals surface area contributed by atoms with Crippen LogP contribution >= 0.6 is 0 Å². The number of hydrogen-bond donors (Lipinski definition) is 1. The zero-order chi connectivity index (χ0) is 9.52. The lowest BCUT2D eigenvalue weighted by molar-refractivity contribution is -0.139. The molecule has 0 unspecified atom stereocenters. The normalized spacial score (nSPS) is 28.2. The summed E-state index contributed by atoms with van der Waals surface area (Å²) in [4.78, 5) is 0. The lowest BCUT2D eigenvalue weighted by Gasteiger charge is -2.18. The maximum Gasteiger partial charge on any atom is 0.146 e. The minimum atomic E-state index is 0.0649. The molecule has 0 bridgehead atoms. The van der Waals surface area contributed by atoms with Crippen LogP contribution in [0, 0.1) is 0 Å². The Bertz CT molecular complexity index is 119. The average Bonchev–Trinajstić information content (AvgIpc) is 2.59. The van der Waals surface area contributed by atoms with E-state index < -0.39 is 0 Å². The molecular formula is C8H17NO4. The molecule has 0 aromatic rings. The van der Waals surface area contributed by atoms with Crippen molar-refractivity contribution in [3.8, 4) is 0 Å². The van der Waals surface area contributed by atoms with Crippen molar-refractivity contribution in [2.24, 2.45) is 0 Å². The fourth-order valence-electron chi connectivity index (χ4n) is 1.27. The van der Waals surface area contributed by atoms with Gasteiger partial charge in [0.2, 0.25) is 0 Å². The second kappa shape index (κ2) is 6.28. The molecule has 5 heteroatoms. The summed E-state index contributed by atoms with van der Waals surface area (Å²) in [6.45, 7) is 2.22. The molecule has 13 heavy (non-hydrogen) atoms. The maximum atomic E-state index is 5.40. The molecule has 0 aromatic heterocycles. The van der Waals surface area contributed by atoms with Crippen LogP contribution in [-0.2, 0) is 18.9 Å². The quantitative estimate of drug-likeness (QED) is 0.577. The third-order valence-electron chi connectivity index (χ3n) is 1.91. The van der Waals surface area contributed by atoms with E-state index in [4.69, 9.17) is 18.9 Å². The molecule has 1 heterocycles. The van der Waals surface area contributed by atoms with Gasteiger partial charge in [0.15, 0.2) is 0 Å². The number of hydrogen-bond acceptors (Lipinski definition) is 5. The Morgan fingerprint density at radius 3 is 1.85 bits per heavy atom. The standard InChI is InChI=1S/C8H17NO4/c1-10-5-12-7-3-9-4-8(7)13-6-11-2/h7-9H,3-6H2,1-2H3/t7-,8-/m1/s1. The van der Waals surface area contributed by atoms with Crippen molar-refractivity contribution in [2.45, 2.75) is 12.2 Å². The van der Waals surface area contributed by atoms with Crippen LogP contribution in [0.25, 0.3) is 0 Å². The molecule has 78 valence electrons. The molecule has 0 saturated carbocycles. The van der Waals surface area contributed by atoms with Crippen molar-refractivity contribution in [2.75, 3.05) is 40.9 Å². The van der Waals surface area contributed by atoms with Crippen molar-refractivity contribution in [1.29, 1.82) is 0 Å². The van der Waals surface area contributed by atoms with Crippen LogP contribution in [0.4, 0.5) is 0 Å². The van der Waals surface area contributed by atoms with Gasteiger partial charge in [-0.05, 0) is 0 Å². The van der Waals surface area contributed by atoms with E-state index in [2.05, 4.69) is 5.32 Å². The summed E-state index contributed by atoms with van der Waals surface area (Å²) in [5.41, 5.74) is 0. The van der Waals surface area contributed by atoms with Crippen LogP contribution in [0.2, 0.25) is 0 Å². The van der Waals surface area contributed by atoms with Gasteiger partial charge in [-0.25, -0.2) is 0 Å². The lowest BCUT2D eigenvalue weighted by atomic mass is 10.2. The fourth-order valence-corrected chi connectivity index (χ4v) is 1.27. The van der Waals surface area contributed by atoms with Crippen LogP contribution in [-0.4, -0.2) is 53.1 Å². The highest BCUT2D eigenvalue weighted by atomic mass is 16.7. The number of ether oxygens (including phenoxy) is 4. The predicted octanol–water partition coefficient (Wildman–Crippen LogP) is -0.432. The largest absolute Gasteiger partial charge is 0.359 e. The first-order valence-corrected chi connectivity index (χ1v) is 4.30. The molecule has 1 aliphatic rings. The molecule has 1 saturated heterocycles. The molecule has 5 nitrogen and oxygen atoms in total. The lowest BCUT2D eigenvalue weighted by Crippen LogP contribution is -2.31. The summed E-state index contributed by atoms with van der Waals surface area (Å²) in [6.07, 6.45) is 0.130. The Morgan fingerprint density at radius 2 is 1.46 bits per heavy atom. The van der Waals surface area contributed by atoms with E-state index in [-0.39, 0.29) is 12.2 Å². The zero-order valence-corrected chi connectivity index (χ0v) is 8.12. The first-order chi connectivity index (χ1) is 6.38. The highest BCUT2D eigenvalue weighted by molar-refractivity contribution is 4.82. The molecule has 1 rings (SSSR count). The Morgan fingerprint density at radius 1 is 1.00 bits per heavy atom. The molecule has 0 amide bonds. The van der Waals surface area contributed by atoms with Gasteiger partial charge in [0, 0.05) is 27.3 Å². The van der Waals surface area contributed by atoms with Gasteiger partial charge in [0.05, 0.1) is 0 Å². The number of methoxy groups -OCH3 is 2. The second-order valence-corrected chi connectivity index (χ2v) is 2.88. The number of rotatable bonds is 6. The monoisotopic (exact) mass is 191 g/mol. The van der Waals surface area contributed by atoms with Gasteiger partial charge < -0.3 is 24.3 Å². The van der Waals surface area contributed by atoms with Crippen molar-refractivity contribution in [3.63, 3.8) is 0 Å². The summed E-state index contributed by atoms with van der Waals surface area (Å²) in [6, 6.07) is 0. The maximum absolute atomic E-state index is 5.40. The second-order valence-electron chi connectivity index (χ2n) is 2.88. The van der Waals surface area contributed by atoms with Crippen molar-refractivity contribution < 1.29 is 18.9 Å². The first kappa shape index (κ1) is 10.9. The molecule has 1 aliphatic heterocycles. The fraction of sp³-hybridized carbons (Fsp3) is 1.00. The van der Waals surface area contributed by atoms with Gasteiger partial charge in [-0.1, -0.05) is 0 Å². The van der Waals surface area contributed by atoms with Gasteiger partial charge in [-0.15, -0.1) is 0 Å². The predicted molar refractivity (Wildman–Crippen MR) is 46.4 cm³/mol. The van der Waals surface area contributed by atoms with E-state index in [1.807, 2.05) is 0 Å². The molecule has 0 radical (unpaired) electrons. The van der Waals surface area contributed by atoms with E-state index >= 15 is 0 Å². The van der Waals surface area contributed by atoms with Gasteiger partial charge in [-0.3, -0.25) is 0 Å². The van der Waals surface area contributed by atoms with Crippen LogP contribution in [0.3, 0.4) is 0 Å². The van der Waals surface area contributed by atoms with E-state index in [0.29, 0.717) is 13.6 Å². The smallest absolute Gasteiger partial charge is 0.146 e. The minimum absolute atomic E-state index is 0.0649.